The molecular formula is C18H13Cl2NO4. The van der Waals surface area contributed by atoms with E-state index in [0.29, 0.717) is 15.6 Å². The summed E-state index contributed by atoms with van der Waals surface area (Å²) in [5, 5.41) is 0.738. The molecule has 0 bridgehead atoms. The highest BCUT2D eigenvalue weighted by Crippen LogP contribution is 2.27. The fraction of sp³-hybridized carbons (Fsp3) is 0.167. The topological polar surface area (TPSA) is 63.7 Å². The van der Waals surface area contributed by atoms with Crippen LogP contribution in [0, 0.1) is 0 Å². The Kier molecular flexibility index (Phi) is 4.79. The van der Waals surface area contributed by atoms with Crippen LogP contribution in [-0.4, -0.2) is 28.7 Å². The standard InChI is InChI=1S/C18H13Cl2NO4/c1-10(18(24)25-9-13-14(19)7-4-8-15(13)20)21-16(22)11-5-2-3-6-12(11)17(21)23/h2-8,10H,9H2,1H3/t10-/m1/s1. The zero-order valence-corrected chi connectivity index (χ0v) is 14.7. The Morgan fingerprint density at radius 1 is 1.00 bits per heavy atom. The highest BCUT2D eigenvalue weighted by Gasteiger charge is 2.41. The van der Waals surface area contributed by atoms with Crippen LogP contribution >= 0.6 is 23.2 Å². The molecule has 1 heterocycles. The largest absolute Gasteiger partial charge is 0.459 e. The molecule has 2 amide bonds. The number of hydrogen-bond acceptors (Lipinski definition) is 4. The zero-order valence-electron chi connectivity index (χ0n) is 13.2. The van der Waals surface area contributed by atoms with Crippen LogP contribution in [0.25, 0.3) is 0 Å². The summed E-state index contributed by atoms with van der Waals surface area (Å²) >= 11 is 12.1. The van der Waals surface area contributed by atoms with Gasteiger partial charge in [0.25, 0.3) is 11.8 Å². The first-order valence-corrected chi connectivity index (χ1v) is 8.24. The van der Waals surface area contributed by atoms with Crippen molar-refractivity contribution in [3.05, 3.63) is 69.2 Å². The predicted molar refractivity (Wildman–Crippen MR) is 92.7 cm³/mol. The second kappa shape index (κ2) is 6.86. The van der Waals surface area contributed by atoms with Crippen LogP contribution in [0.15, 0.2) is 42.5 Å². The van der Waals surface area contributed by atoms with Gasteiger partial charge in [-0.3, -0.25) is 14.5 Å². The number of nitrogens with zero attached hydrogens (tertiary/aromatic N) is 1. The number of esters is 1. The number of halogens is 2. The molecule has 0 saturated carbocycles. The maximum absolute atomic E-state index is 12.4. The van der Waals surface area contributed by atoms with Crippen molar-refractivity contribution in [1.29, 1.82) is 0 Å². The van der Waals surface area contributed by atoms with Crippen LogP contribution in [-0.2, 0) is 16.1 Å². The minimum Gasteiger partial charge on any atom is -0.459 e. The number of carbonyl (C=O) groups is 3. The van der Waals surface area contributed by atoms with E-state index in [4.69, 9.17) is 27.9 Å². The molecule has 0 N–H and O–H groups in total. The van der Waals surface area contributed by atoms with E-state index in [9.17, 15) is 14.4 Å². The van der Waals surface area contributed by atoms with Gasteiger partial charge in [-0.05, 0) is 31.2 Å². The molecule has 3 rings (SSSR count). The van der Waals surface area contributed by atoms with E-state index in [1.54, 1.807) is 42.5 Å². The quantitative estimate of drug-likeness (QED) is 0.601. The summed E-state index contributed by atoms with van der Waals surface area (Å²) < 4.78 is 5.21. The molecule has 25 heavy (non-hydrogen) atoms. The summed E-state index contributed by atoms with van der Waals surface area (Å²) in [6, 6.07) is 10.3. The first kappa shape index (κ1) is 17.5. The molecule has 1 aliphatic rings. The zero-order chi connectivity index (χ0) is 18.1. The molecule has 0 unspecified atom stereocenters. The number of amides is 2. The lowest BCUT2D eigenvalue weighted by atomic mass is 10.1. The summed E-state index contributed by atoms with van der Waals surface area (Å²) in [6.07, 6.45) is 0. The number of rotatable bonds is 4. The molecule has 0 radical (unpaired) electrons. The molecule has 0 saturated heterocycles. The minimum absolute atomic E-state index is 0.148. The van der Waals surface area contributed by atoms with E-state index >= 15 is 0 Å². The van der Waals surface area contributed by atoms with Crippen molar-refractivity contribution in [2.45, 2.75) is 19.6 Å². The lowest BCUT2D eigenvalue weighted by Crippen LogP contribution is -2.43. The number of benzene rings is 2. The monoisotopic (exact) mass is 377 g/mol. The summed E-state index contributed by atoms with van der Waals surface area (Å²) in [7, 11) is 0. The van der Waals surface area contributed by atoms with Crippen LogP contribution in [0.2, 0.25) is 10.0 Å². The van der Waals surface area contributed by atoms with Gasteiger partial charge in [-0.25, -0.2) is 4.79 Å². The van der Waals surface area contributed by atoms with Gasteiger partial charge in [-0.15, -0.1) is 0 Å². The summed E-state index contributed by atoms with van der Waals surface area (Å²) in [6.45, 7) is 1.29. The van der Waals surface area contributed by atoms with Gasteiger partial charge in [0.15, 0.2) is 0 Å². The van der Waals surface area contributed by atoms with E-state index in [1.165, 1.54) is 6.92 Å². The molecule has 0 aliphatic carbocycles. The predicted octanol–water partition coefficient (Wildman–Crippen LogP) is 3.72. The number of ether oxygens (including phenoxy) is 1. The highest BCUT2D eigenvalue weighted by atomic mass is 35.5. The molecule has 5 nitrogen and oxygen atoms in total. The fourth-order valence-corrected chi connectivity index (χ4v) is 3.11. The van der Waals surface area contributed by atoms with Crippen LogP contribution < -0.4 is 0 Å². The second-order valence-corrected chi connectivity index (χ2v) is 6.32. The van der Waals surface area contributed by atoms with Crippen LogP contribution in [0.4, 0.5) is 0 Å². The van der Waals surface area contributed by atoms with Crippen molar-refractivity contribution in [2.75, 3.05) is 0 Å². The Morgan fingerprint density at radius 2 is 1.52 bits per heavy atom. The molecule has 1 aliphatic heterocycles. The van der Waals surface area contributed by atoms with Gasteiger partial charge in [0.05, 0.1) is 11.1 Å². The molecule has 7 heteroatoms. The van der Waals surface area contributed by atoms with Crippen molar-refractivity contribution >= 4 is 41.0 Å². The summed E-state index contributed by atoms with van der Waals surface area (Å²) in [5.41, 5.74) is 1.02. The fourth-order valence-electron chi connectivity index (χ4n) is 2.60. The SMILES string of the molecule is C[C@H](C(=O)OCc1c(Cl)cccc1Cl)N1C(=O)c2ccccc2C1=O. The molecule has 0 spiro atoms. The van der Waals surface area contributed by atoms with Crippen molar-refractivity contribution in [3.8, 4) is 0 Å². The van der Waals surface area contributed by atoms with Gasteiger partial charge < -0.3 is 4.74 Å². The Hall–Kier alpha value is -2.37. The number of hydrogen-bond donors (Lipinski definition) is 0. The molecule has 0 aromatic heterocycles. The molecule has 2 aromatic carbocycles. The molecule has 1 atom stereocenters. The van der Waals surface area contributed by atoms with E-state index in [0.717, 1.165) is 4.90 Å². The maximum atomic E-state index is 12.4. The van der Waals surface area contributed by atoms with Crippen molar-refractivity contribution < 1.29 is 19.1 Å². The minimum atomic E-state index is -1.06. The van der Waals surface area contributed by atoms with Crippen molar-refractivity contribution in [1.82, 2.24) is 4.90 Å². The Balaban J connectivity index is 1.74. The number of carbonyl (C=O) groups excluding carboxylic acids is 3. The smallest absolute Gasteiger partial charge is 0.329 e. The summed E-state index contributed by atoms with van der Waals surface area (Å²) in [4.78, 5) is 38.0. The third kappa shape index (κ3) is 3.13. The van der Waals surface area contributed by atoms with E-state index < -0.39 is 23.8 Å². The lowest BCUT2D eigenvalue weighted by molar-refractivity contribution is -0.149. The van der Waals surface area contributed by atoms with E-state index in [2.05, 4.69) is 0 Å². The van der Waals surface area contributed by atoms with Crippen LogP contribution in [0.3, 0.4) is 0 Å². The second-order valence-electron chi connectivity index (χ2n) is 5.51. The Morgan fingerprint density at radius 3 is 2.04 bits per heavy atom. The van der Waals surface area contributed by atoms with Gasteiger partial charge in [-0.2, -0.15) is 0 Å². The molecule has 2 aromatic rings. The third-order valence-electron chi connectivity index (χ3n) is 3.97. The van der Waals surface area contributed by atoms with E-state index in [-0.39, 0.29) is 17.7 Å². The normalized spacial score (nSPS) is 14.4. The first-order chi connectivity index (χ1) is 11.9. The maximum Gasteiger partial charge on any atom is 0.329 e. The van der Waals surface area contributed by atoms with Crippen molar-refractivity contribution in [2.24, 2.45) is 0 Å². The third-order valence-corrected chi connectivity index (χ3v) is 4.68. The first-order valence-electron chi connectivity index (χ1n) is 7.48. The summed E-state index contributed by atoms with van der Waals surface area (Å²) in [5.74, 6) is -1.74. The molecular weight excluding hydrogens is 365 g/mol. The number of imide groups is 1. The van der Waals surface area contributed by atoms with Crippen LogP contribution in [0.5, 0.6) is 0 Å². The lowest BCUT2D eigenvalue weighted by Gasteiger charge is -2.21. The van der Waals surface area contributed by atoms with Crippen molar-refractivity contribution in [3.63, 3.8) is 0 Å². The van der Waals surface area contributed by atoms with Crippen LogP contribution in [0.1, 0.15) is 33.2 Å². The molecule has 128 valence electrons. The van der Waals surface area contributed by atoms with Gasteiger partial charge >= 0.3 is 5.97 Å². The van der Waals surface area contributed by atoms with E-state index in [1.807, 2.05) is 0 Å². The van der Waals surface area contributed by atoms with Gasteiger partial charge in [0, 0.05) is 15.6 Å². The Bertz CT molecular complexity index is 826. The van der Waals surface area contributed by atoms with Gasteiger partial charge in [-0.1, -0.05) is 41.4 Å². The van der Waals surface area contributed by atoms with Gasteiger partial charge in [0.1, 0.15) is 12.6 Å². The molecule has 0 fully saturated rings. The average Bonchev–Trinajstić information content (AvgIpc) is 2.85. The van der Waals surface area contributed by atoms with Gasteiger partial charge in [0.2, 0.25) is 0 Å². The average molecular weight is 378 g/mol. The Labute approximate surface area is 154 Å². The highest BCUT2D eigenvalue weighted by molar-refractivity contribution is 6.36. The number of fused-ring (bicyclic) bond motifs is 1.